The van der Waals surface area contributed by atoms with Crippen molar-refractivity contribution < 1.29 is 43.4 Å². The summed E-state index contributed by atoms with van der Waals surface area (Å²) in [5.41, 5.74) is 6.48. The normalized spacial score (nSPS) is 16.3. The highest BCUT2D eigenvalue weighted by molar-refractivity contribution is 8.00. The van der Waals surface area contributed by atoms with Crippen molar-refractivity contribution in [2.24, 2.45) is 5.16 Å². The number of likely N-dealkylation sites (tertiary alicyclic amines) is 1. The fraction of sp³-hybridized carbons (Fsp3) is 0.400. The Morgan fingerprint density at radius 2 is 1.90 bits per heavy atom. The molecule has 42 heavy (non-hydrogen) atoms. The van der Waals surface area contributed by atoms with Crippen LogP contribution in [0.5, 0.6) is 0 Å². The summed E-state index contributed by atoms with van der Waals surface area (Å²) in [5.74, 6) is -1.71. The number of nitrogens with zero attached hydrogens (tertiary/aromatic N) is 3. The summed E-state index contributed by atoms with van der Waals surface area (Å²) < 4.78 is 8.66. The van der Waals surface area contributed by atoms with E-state index < -0.39 is 24.0 Å². The van der Waals surface area contributed by atoms with Crippen LogP contribution in [0.3, 0.4) is 0 Å². The second-order valence-corrected chi connectivity index (χ2v) is 11.0. The van der Waals surface area contributed by atoms with Crippen molar-refractivity contribution in [2.45, 2.75) is 37.8 Å². The van der Waals surface area contributed by atoms with Gasteiger partial charge in [0.1, 0.15) is 27.5 Å². The molecule has 0 aliphatic carbocycles. The van der Waals surface area contributed by atoms with E-state index in [0.717, 1.165) is 23.8 Å². The molecule has 17 heteroatoms. The number of ether oxygens (including phenoxy) is 2. The van der Waals surface area contributed by atoms with Crippen LogP contribution in [0.4, 0.5) is 5.13 Å². The molecule has 3 atom stereocenters. The Kier molecular flexibility index (Phi) is 15.9. The number of hydrogen-bond donors (Lipinski definition) is 3. The topological polar surface area (TPSA) is 200 Å². The number of hydrogen-bond acceptors (Lipinski definition) is 13. The molecule has 1 aliphatic heterocycles. The van der Waals surface area contributed by atoms with E-state index in [2.05, 4.69) is 24.9 Å². The first-order valence-electron chi connectivity index (χ1n) is 12.0. The summed E-state index contributed by atoms with van der Waals surface area (Å²) in [6, 6.07) is 8.52. The Morgan fingerprint density at radius 3 is 2.40 bits per heavy atom. The number of thioether (sulfide) groups is 1. The van der Waals surface area contributed by atoms with Crippen LogP contribution in [-0.4, -0.2) is 89.4 Å². The number of benzene rings is 1. The minimum atomic E-state index is -0.833. The predicted octanol–water partition coefficient (Wildman–Crippen LogP) is 2.32. The number of rotatable bonds is 11. The highest BCUT2D eigenvalue weighted by atomic mass is 35.5. The average molecular weight is 646 g/mol. The standard InChI is InChI=1S/C21H24ClN5O5S2.2C2H4O2/c1-11(12-7-5-4-6-8-12)32-26-15(14-17(22)34-21(23)25-14)18(29)24-16-19(30)27(2)20(16)33-10-9-13(28)31-3;1-4-2-3;1-2(3)4/h4-8,11,16,20H,9-10H2,1-3H3,(H2,23,25)(H,24,29);2H,1H3;1H3,(H,3,4)/b26-15-;;. The lowest BCUT2D eigenvalue weighted by Crippen LogP contribution is -2.68. The molecule has 230 valence electrons. The van der Waals surface area contributed by atoms with Gasteiger partial charge in [-0.2, -0.15) is 0 Å². The number of nitrogen functional groups attached to an aromatic ring is 1. The molecular formula is C25H32ClN5O9S2. The second kappa shape index (κ2) is 18.5. The van der Waals surface area contributed by atoms with Crippen molar-refractivity contribution in [1.82, 2.24) is 15.2 Å². The fourth-order valence-electron chi connectivity index (χ4n) is 3.10. The van der Waals surface area contributed by atoms with Gasteiger partial charge in [0.25, 0.3) is 18.3 Å². The Morgan fingerprint density at radius 1 is 1.31 bits per heavy atom. The number of carboxylic acid groups (broad SMARTS) is 1. The first kappa shape index (κ1) is 36.1. The Bertz CT molecular complexity index is 1240. The fourth-order valence-corrected chi connectivity index (χ4v) is 5.25. The van der Waals surface area contributed by atoms with Crippen LogP contribution in [0, 0.1) is 0 Å². The molecule has 0 saturated carbocycles. The Hall–Kier alpha value is -3.89. The number of β-lactam (4-membered cyclic amide) rings is 1. The minimum Gasteiger partial charge on any atom is -0.481 e. The predicted molar refractivity (Wildman–Crippen MR) is 158 cm³/mol. The lowest BCUT2D eigenvalue weighted by atomic mass is 10.1. The summed E-state index contributed by atoms with van der Waals surface area (Å²) in [4.78, 5) is 66.1. The van der Waals surface area contributed by atoms with E-state index in [0.29, 0.717) is 12.2 Å². The molecule has 14 nitrogen and oxygen atoms in total. The van der Waals surface area contributed by atoms with Crippen LogP contribution in [0.25, 0.3) is 0 Å². The quantitative estimate of drug-likeness (QED) is 0.106. The molecule has 0 radical (unpaired) electrons. The first-order chi connectivity index (χ1) is 19.9. The van der Waals surface area contributed by atoms with Crippen LogP contribution in [0.1, 0.15) is 37.6 Å². The van der Waals surface area contributed by atoms with Gasteiger partial charge < -0.3 is 35.4 Å². The van der Waals surface area contributed by atoms with Crippen molar-refractivity contribution in [3.05, 3.63) is 45.9 Å². The molecule has 1 fully saturated rings. The summed E-state index contributed by atoms with van der Waals surface area (Å²) in [6.45, 7) is 3.24. The van der Waals surface area contributed by atoms with Crippen LogP contribution >= 0.6 is 34.7 Å². The maximum Gasteiger partial charge on any atom is 0.306 e. The third-order valence-electron chi connectivity index (χ3n) is 5.10. The molecule has 2 heterocycles. The molecule has 2 aromatic rings. The smallest absolute Gasteiger partial charge is 0.306 e. The molecule has 1 saturated heterocycles. The van der Waals surface area contributed by atoms with E-state index >= 15 is 0 Å². The largest absolute Gasteiger partial charge is 0.481 e. The van der Waals surface area contributed by atoms with E-state index in [4.69, 9.17) is 36.9 Å². The lowest BCUT2D eigenvalue weighted by Gasteiger charge is -2.44. The van der Waals surface area contributed by atoms with Crippen LogP contribution in [0.2, 0.25) is 4.34 Å². The van der Waals surface area contributed by atoms with Gasteiger partial charge in [-0.25, -0.2) is 4.98 Å². The van der Waals surface area contributed by atoms with Crippen molar-refractivity contribution in [3.8, 4) is 0 Å². The number of aromatic nitrogens is 1. The number of esters is 1. The number of carbonyl (C=O) groups excluding carboxylic acids is 4. The van der Waals surface area contributed by atoms with Gasteiger partial charge in [-0.05, 0) is 12.5 Å². The van der Waals surface area contributed by atoms with Gasteiger partial charge in [-0.15, -0.1) is 11.8 Å². The molecule has 1 aromatic heterocycles. The van der Waals surface area contributed by atoms with Gasteiger partial charge in [0.15, 0.2) is 10.8 Å². The molecule has 4 N–H and O–H groups in total. The molecular weight excluding hydrogens is 614 g/mol. The molecule has 0 spiro atoms. The molecule has 3 unspecified atom stereocenters. The number of oxime groups is 1. The number of halogens is 1. The van der Waals surface area contributed by atoms with Crippen molar-refractivity contribution in [1.29, 1.82) is 0 Å². The van der Waals surface area contributed by atoms with Crippen LogP contribution < -0.4 is 11.1 Å². The monoisotopic (exact) mass is 645 g/mol. The number of carboxylic acids is 1. The second-order valence-electron chi connectivity index (χ2n) is 8.11. The zero-order valence-electron chi connectivity index (χ0n) is 23.4. The lowest BCUT2D eigenvalue weighted by molar-refractivity contribution is -0.145. The molecule has 0 bridgehead atoms. The Labute approximate surface area is 255 Å². The first-order valence-corrected chi connectivity index (χ1v) is 14.2. The van der Waals surface area contributed by atoms with E-state index in [1.807, 2.05) is 30.3 Å². The summed E-state index contributed by atoms with van der Waals surface area (Å²) >= 11 is 8.58. The summed E-state index contributed by atoms with van der Waals surface area (Å²) in [6.07, 6.45) is -0.275. The third-order valence-corrected chi connectivity index (χ3v) is 7.55. The zero-order valence-corrected chi connectivity index (χ0v) is 25.8. The van der Waals surface area contributed by atoms with E-state index in [9.17, 15) is 14.4 Å². The SMILES string of the molecule is CC(=O)O.COC(=O)CCSC1C(NC(=O)/C(=N\OC(C)c2ccccc2)c2nc(N)sc2Cl)C(=O)N1C.COC=O. The van der Waals surface area contributed by atoms with Gasteiger partial charge in [0, 0.05) is 19.7 Å². The number of nitrogens with one attached hydrogen (secondary N) is 1. The van der Waals surface area contributed by atoms with Gasteiger partial charge in [-0.3, -0.25) is 24.0 Å². The molecule has 3 rings (SSSR count). The number of nitrogens with two attached hydrogens (primary N) is 1. The Balaban J connectivity index is 0.000000978. The van der Waals surface area contributed by atoms with Gasteiger partial charge in [-0.1, -0.05) is 58.4 Å². The van der Waals surface area contributed by atoms with E-state index in [1.54, 1.807) is 14.0 Å². The van der Waals surface area contributed by atoms with Crippen molar-refractivity contribution >= 4 is 75.8 Å². The number of thiazole rings is 1. The number of aliphatic carboxylic acids is 1. The number of anilines is 1. The van der Waals surface area contributed by atoms with E-state index in [-0.39, 0.29) is 44.5 Å². The van der Waals surface area contributed by atoms with Crippen LogP contribution in [-0.2, 0) is 38.3 Å². The maximum absolute atomic E-state index is 13.2. The summed E-state index contributed by atoms with van der Waals surface area (Å²) in [5, 5.41) is 13.9. The molecule has 2 amide bonds. The van der Waals surface area contributed by atoms with Crippen molar-refractivity contribution in [3.63, 3.8) is 0 Å². The van der Waals surface area contributed by atoms with Crippen molar-refractivity contribution in [2.75, 3.05) is 32.8 Å². The highest BCUT2D eigenvalue weighted by Gasteiger charge is 2.47. The molecule has 1 aliphatic rings. The van der Waals surface area contributed by atoms with Crippen LogP contribution in [0.15, 0.2) is 35.5 Å². The van der Waals surface area contributed by atoms with Gasteiger partial charge >= 0.3 is 5.97 Å². The minimum absolute atomic E-state index is 0.0666. The highest BCUT2D eigenvalue weighted by Crippen LogP contribution is 2.30. The third kappa shape index (κ3) is 11.5. The zero-order chi connectivity index (χ0) is 31.8. The number of carbonyl (C=O) groups is 5. The number of amides is 2. The average Bonchev–Trinajstić information content (AvgIpc) is 3.31. The molecule has 1 aromatic carbocycles. The van der Waals surface area contributed by atoms with Gasteiger partial charge in [0.2, 0.25) is 5.91 Å². The maximum atomic E-state index is 13.2. The number of methoxy groups -OCH3 is 2. The number of likely N-dealkylation sites (N-methyl/N-ethyl adjacent to an activating group) is 1. The summed E-state index contributed by atoms with van der Waals surface area (Å²) in [7, 11) is 4.25. The van der Waals surface area contributed by atoms with Gasteiger partial charge in [0.05, 0.1) is 20.6 Å². The van der Waals surface area contributed by atoms with E-state index in [1.165, 1.54) is 30.9 Å².